The molecular weight excluding hydrogens is 249 g/mol. The molecule has 1 N–H and O–H groups in total. The van der Waals surface area contributed by atoms with E-state index in [9.17, 15) is 5.11 Å². The van der Waals surface area contributed by atoms with Crippen molar-refractivity contribution in [2.75, 3.05) is 0 Å². The van der Waals surface area contributed by atoms with Crippen molar-refractivity contribution in [3.05, 3.63) is 54.1 Å². The van der Waals surface area contributed by atoms with Gasteiger partial charge in [0, 0.05) is 5.56 Å². The van der Waals surface area contributed by atoms with Crippen LogP contribution < -0.4 is 0 Å². The fourth-order valence-corrected chi connectivity index (χ4v) is 1.80. The van der Waals surface area contributed by atoms with E-state index < -0.39 is 0 Å². The molecule has 0 radical (unpaired) electrons. The van der Waals surface area contributed by atoms with Crippen LogP contribution in [-0.4, -0.2) is 25.4 Å². The number of para-hydroxylation sites is 1. The number of aromatic nitrogens is 2. The van der Waals surface area contributed by atoms with E-state index in [1.807, 2.05) is 37.3 Å². The first-order valence-corrected chi connectivity index (χ1v) is 5.93. The number of aromatic hydroxyl groups is 1. The molecule has 0 atom stereocenters. The second kappa shape index (κ2) is 5.68. The predicted octanol–water partition coefficient (Wildman–Crippen LogP) is 2.50. The van der Waals surface area contributed by atoms with E-state index in [-0.39, 0.29) is 15.9 Å². The Hall–Kier alpha value is -2.45. The average molecular weight is 263 g/mol. The van der Waals surface area contributed by atoms with E-state index in [1.54, 1.807) is 18.2 Å². The van der Waals surface area contributed by atoms with Gasteiger partial charge in [-0.1, -0.05) is 29.8 Å². The first kappa shape index (κ1) is 14.0. The average Bonchev–Trinajstić information content (AvgIpc) is 2.89. The van der Waals surface area contributed by atoms with Crippen molar-refractivity contribution in [1.29, 1.82) is 0 Å². The number of phenolic OH excluding ortho intramolecular Hbond substituents is 1. The molecule has 1 aromatic heterocycles. The predicted molar refractivity (Wildman–Crippen MR) is 80.1 cm³/mol. The molecule has 3 aromatic rings. The molecule has 0 bridgehead atoms. The third-order valence-corrected chi connectivity index (χ3v) is 2.86. The SMILES string of the molecule is Cc1ccc(-c2nnc(-c3ccccc3O)o2)cc1.[BeH2]. The number of aryl methyl sites for hydroxylation is 1. The number of hydrogen-bond donors (Lipinski definition) is 1. The molecule has 3 rings (SSSR count). The standard InChI is InChI=1S/C15H12N2O2.Be.2H/c1-10-6-8-11(9-7-10)14-16-17-15(19-14)12-4-2-3-5-13(12)18;;;/h2-9,18H,1H3;;;. The topological polar surface area (TPSA) is 59.2 Å². The van der Waals surface area contributed by atoms with Crippen molar-refractivity contribution < 1.29 is 9.52 Å². The normalized spacial score (nSPS) is 10.1. The van der Waals surface area contributed by atoms with E-state index in [4.69, 9.17) is 4.42 Å². The molecule has 0 spiro atoms. The summed E-state index contributed by atoms with van der Waals surface area (Å²) < 4.78 is 5.59. The number of rotatable bonds is 2. The van der Waals surface area contributed by atoms with Gasteiger partial charge in [0.15, 0.2) is 0 Å². The van der Waals surface area contributed by atoms with Crippen LogP contribution in [-0.2, 0) is 0 Å². The minimum absolute atomic E-state index is 0. The van der Waals surface area contributed by atoms with Gasteiger partial charge in [-0.3, -0.25) is 0 Å². The van der Waals surface area contributed by atoms with Crippen LogP contribution in [0.4, 0.5) is 0 Å². The van der Waals surface area contributed by atoms with E-state index in [0.29, 0.717) is 17.3 Å². The summed E-state index contributed by atoms with van der Waals surface area (Å²) in [6, 6.07) is 14.7. The summed E-state index contributed by atoms with van der Waals surface area (Å²) in [4.78, 5) is 0. The maximum absolute atomic E-state index is 9.75. The minimum atomic E-state index is 0. The van der Waals surface area contributed by atoms with Crippen LogP contribution in [0, 0.1) is 6.92 Å². The number of phenols is 1. The summed E-state index contributed by atoms with van der Waals surface area (Å²) >= 11 is 0. The van der Waals surface area contributed by atoms with Gasteiger partial charge >= 0.3 is 10.1 Å². The Morgan fingerprint density at radius 2 is 1.55 bits per heavy atom. The maximum atomic E-state index is 9.75. The van der Waals surface area contributed by atoms with Gasteiger partial charge in [-0.2, -0.15) is 0 Å². The van der Waals surface area contributed by atoms with Crippen LogP contribution in [0.5, 0.6) is 5.75 Å². The van der Waals surface area contributed by atoms with Gasteiger partial charge in [0.05, 0.1) is 5.56 Å². The Morgan fingerprint density at radius 1 is 0.900 bits per heavy atom. The summed E-state index contributed by atoms with van der Waals surface area (Å²) in [7, 11) is 0. The zero-order valence-electron chi connectivity index (χ0n) is 10.4. The molecular formula is C15H14BeN2O2. The molecule has 1 heterocycles. The molecule has 4 nitrogen and oxygen atoms in total. The van der Waals surface area contributed by atoms with Crippen LogP contribution in [0.1, 0.15) is 5.56 Å². The molecule has 5 heteroatoms. The van der Waals surface area contributed by atoms with Gasteiger partial charge in [0.2, 0.25) is 5.89 Å². The molecule has 0 aliphatic heterocycles. The molecule has 0 aliphatic carbocycles. The monoisotopic (exact) mass is 263 g/mol. The first-order chi connectivity index (χ1) is 9.24. The van der Waals surface area contributed by atoms with Crippen LogP contribution in [0.15, 0.2) is 52.9 Å². The van der Waals surface area contributed by atoms with Gasteiger partial charge in [-0.05, 0) is 31.2 Å². The third kappa shape index (κ3) is 2.60. The van der Waals surface area contributed by atoms with Gasteiger partial charge < -0.3 is 9.52 Å². The van der Waals surface area contributed by atoms with E-state index in [1.165, 1.54) is 5.56 Å². The van der Waals surface area contributed by atoms with Crippen molar-refractivity contribution in [2.45, 2.75) is 6.92 Å². The van der Waals surface area contributed by atoms with Crippen molar-refractivity contribution in [2.24, 2.45) is 0 Å². The molecule has 0 saturated carbocycles. The number of hydrogen-bond acceptors (Lipinski definition) is 4. The van der Waals surface area contributed by atoms with Crippen LogP contribution in [0.25, 0.3) is 22.9 Å². The van der Waals surface area contributed by atoms with E-state index >= 15 is 0 Å². The van der Waals surface area contributed by atoms with E-state index in [2.05, 4.69) is 10.2 Å². The number of nitrogens with zero attached hydrogens (tertiary/aromatic N) is 2. The second-order valence-electron chi connectivity index (χ2n) is 4.30. The molecule has 98 valence electrons. The van der Waals surface area contributed by atoms with Crippen LogP contribution >= 0.6 is 0 Å². The molecule has 0 saturated heterocycles. The fraction of sp³-hybridized carbons (Fsp3) is 0.0667. The summed E-state index contributed by atoms with van der Waals surface area (Å²) in [5.41, 5.74) is 2.57. The Labute approximate surface area is 120 Å². The van der Waals surface area contributed by atoms with Crippen molar-refractivity contribution in [1.82, 2.24) is 10.2 Å². The Bertz CT molecular complexity index is 708. The molecule has 0 aliphatic rings. The Morgan fingerprint density at radius 3 is 2.25 bits per heavy atom. The Balaban J connectivity index is 0.00000147. The zero-order chi connectivity index (χ0) is 13.2. The molecule has 0 fully saturated rings. The van der Waals surface area contributed by atoms with Gasteiger partial charge in [0.1, 0.15) is 5.75 Å². The van der Waals surface area contributed by atoms with Gasteiger partial charge in [0.25, 0.3) is 5.89 Å². The quantitative estimate of drug-likeness (QED) is 0.722. The van der Waals surface area contributed by atoms with Gasteiger partial charge in [-0.15, -0.1) is 10.2 Å². The summed E-state index contributed by atoms with van der Waals surface area (Å²) in [6.07, 6.45) is 0. The van der Waals surface area contributed by atoms with Crippen molar-refractivity contribution in [3.8, 4) is 28.7 Å². The van der Waals surface area contributed by atoms with Gasteiger partial charge in [-0.25, -0.2) is 0 Å². The fourth-order valence-electron chi connectivity index (χ4n) is 1.80. The summed E-state index contributed by atoms with van der Waals surface area (Å²) in [6.45, 7) is 2.02. The van der Waals surface area contributed by atoms with Crippen LogP contribution in [0.2, 0.25) is 0 Å². The molecule has 0 amide bonds. The number of benzene rings is 2. The first-order valence-electron chi connectivity index (χ1n) is 5.93. The van der Waals surface area contributed by atoms with Crippen molar-refractivity contribution >= 4 is 10.1 Å². The molecule has 2 aromatic carbocycles. The molecule has 20 heavy (non-hydrogen) atoms. The van der Waals surface area contributed by atoms with Crippen LogP contribution in [0.3, 0.4) is 0 Å². The Kier molecular flexibility index (Phi) is 3.96. The second-order valence-corrected chi connectivity index (χ2v) is 4.30. The summed E-state index contributed by atoms with van der Waals surface area (Å²) in [5.74, 6) is 0.883. The third-order valence-electron chi connectivity index (χ3n) is 2.86. The zero-order valence-corrected chi connectivity index (χ0v) is 10.4. The summed E-state index contributed by atoms with van der Waals surface area (Å²) in [5, 5.41) is 17.7. The van der Waals surface area contributed by atoms with E-state index in [0.717, 1.165) is 5.56 Å². The van der Waals surface area contributed by atoms with Crippen molar-refractivity contribution in [3.63, 3.8) is 0 Å². The molecule has 0 unspecified atom stereocenters.